The Morgan fingerprint density at radius 2 is 0.483 bits per heavy atom. The molecular weight excluding hydrogens is 1090 g/mol. The van der Waals surface area contributed by atoms with Gasteiger partial charge in [0.1, 0.15) is 0 Å². The molecule has 0 aliphatic carbocycles. The minimum atomic E-state index is -3.08. The summed E-state index contributed by atoms with van der Waals surface area (Å²) in [7, 11) is -3.08. The summed E-state index contributed by atoms with van der Waals surface area (Å²) in [6.07, 6.45) is 0. The lowest BCUT2D eigenvalue weighted by atomic mass is 10.0. The summed E-state index contributed by atoms with van der Waals surface area (Å²) in [5, 5.41) is 10.1. The molecule has 0 spiro atoms. The lowest BCUT2D eigenvalue weighted by molar-refractivity contribution is 1.18. The van der Waals surface area contributed by atoms with Crippen molar-refractivity contribution in [3.8, 4) is 33.6 Å². The molecule has 14 aromatic carbocycles. The molecule has 0 saturated carbocycles. The fourth-order valence-corrected chi connectivity index (χ4v) is 18.7. The van der Waals surface area contributed by atoms with Crippen LogP contribution in [0.5, 0.6) is 0 Å². The fourth-order valence-electron chi connectivity index (χ4n) is 13.8. The van der Waals surface area contributed by atoms with Gasteiger partial charge in [-0.05, 0) is 164 Å². The van der Waals surface area contributed by atoms with E-state index in [1.54, 1.807) is 0 Å². The third-order valence-corrected chi connectivity index (χ3v) is 22.5. The van der Waals surface area contributed by atoms with Gasteiger partial charge in [0.05, 0.1) is 22.1 Å². The molecule has 5 heteroatoms. The Hall–Kier alpha value is -11.5. The standard InChI is InChI=1S/C84H60N4Si/c1-7-31-65(32-8-1)85(71-51-53-83-79(59-71)77-47-19-21-49-81(77)87(83)67-35-11-3-12-36-67)69-39-23-27-61(55-69)63-29-25-45-75(57-63)89(73-41-15-5-16-42-73,74-43-17-6-18-44-74)76-46-26-30-64(58-76)62-28-24-40-70(56-62)86(66-33-9-2-10-34-66)72-52-54-84-80(60-72)78-48-20-22-50-82(78)88(84)68-37-13-4-14-38-68/h1-60H. The topological polar surface area (TPSA) is 16.3 Å². The molecule has 0 atom stereocenters. The third kappa shape index (κ3) is 9.40. The third-order valence-electron chi connectivity index (χ3n) is 17.8. The van der Waals surface area contributed by atoms with Crippen molar-refractivity contribution in [3.05, 3.63) is 364 Å². The monoisotopic (exact) mass is 1150 g/mol. The first-order valence-corrected chi connectivity index (χ1v) is 32.6. The largest absolute Gasteiger partial charge is 0.310 e. The van der Waals surface area contributed by atoms with Crippen molar-refractivity contribution in [2.75, 3.05) is 9.80 Å². The highest BCUT2D eigenvalue weighted by Gasteiger charge is 2.42. The second-order valence-electron chi connectivity index (χ2n) is 22.9. The number of hydrogen-bond acceptors (Lipinski definition) is 2. The summed E-state index contributed by atoms with van der Waals surface area (Å²) >= 11 is 0. The van der Waals surface area contributed by atoms with E-state index < -0.39 is 8.07 Å². The molecule has 0 aliphatic rings. The van der Waals surface area contributed by atoms with Crippen LogP contribution in [0.1, 0.15) is 0 Å². The molecule has 2 aromatic heterocycles. The summed E-state index contributed by atoms with van der Waals surface area (Å²) in [5.41, 5.74) is 18.1. The van der Waals surface area contributed by atoms with Gasteiger partial charge in [-0.2, -0.15) is 0 Å². The van der Waals surface area contributed by atoms with Gasteiger partial charge in [-0.1, -0.05) is 243 Å². The van der Waals surface area contributed by atoms with Crippen molar-refractivity contribution in [2.45, 2.75) is 0 Å². The molecule has 420 valence electrons. The highest BCUT2D eigenvalue weighted by molar-refractivity contribution is 7.20. The van der Waals surface area contributed by atoms with E-state index in [4.69, 9.17) is 0 Å². The number of aromatic nitrogens is 2. The van der Waals surface area contributed by atoms with Crippen LogP contribution >= 0.6 is 0 Å². The zero-order valence-corrected chi connectivity index (χ0v) is 49.9. The quantitative estimate of drug-likeness (QED) is 0.0797. The minimum absolute atomic E-state index is 1.08. The van der Waals surface area contributed by atoms with Crippen LogP contribution in [0.3, 0.4) is 0 Å². The molecule has 16 rings (SSSR count). The Balaban J connectivity index is 0.815. The molecule has 0 fully saturated rings. The molecule has 2 heterocycles. The van der Waals surface area contributed by atoms with E-state index in [1.807, 2.05) is 0 Å². The zero-order valence-electron chi connectivity index (χ0n) is 48.9. The lowest BCUT2D eigenvalue weighted by Gasteiger charge is -2.35. The summed E-state index contributed by atoms with van der Waals surface area (Å²) in [5.74, 6) is 0. The predicted octanol–water partition coefficient (Wildman–Crippen LogP) is 19.5. The van der Waals surface area contributed by atoms with E-state index >= 15 is 0 Å². The molecule has 0 bridgehead atoms. The highest BCUT2D eigenvalue weighted by Crippen LogP contribution is 2.43. The molecule has 0 saturated heterocycles. The van der Waals surface area contributed by atoms with Crippen LogP contribution in [-0.2, 0) is 0 Å². The number of benzene rings is 14. The van der Waals surface area contributed by atoms with Crippen molar-refractivity contribution in [1.82, 2.24) is 9.13 Å². The molecule has 0 unspecified atom stereocenters. The van der Waals surface area contributed by atoms with Crippen molar-refractivity contribution in [1.29, 1.82) is 0 Å². The summed E-state index contributed by atoms with van der Waals surface area (Å²) < 4.78 is 4.76. The molecular formula is C84H60N4Si. The average molecular weight is 1150 g/mol. The van der Waals surface area contributed by atoms with Crippen molar-refractivity contribution in [2.24, 2.45) is 0 Å². The molecule has 4 nitrogen and oxygen atoms in total. The minimum Gasteiger partial charge on any atom is -0.310 e. The van der Waals surface area contributed by atoms with E-state index in [2.05, 4.69) is 383 Å². The lowest BCUT2D eigenvalue weighted by Crippen LogP contribution is -2.74. The predicted molar refractivity (Wildman–Crippen MR) is 379 cm³/mol. The summed E-state index contributed by atoms with van der Waals surface area (Å²) in [6.45, 7) is 0. The van der Waals surface area contributed by atoms with Crippen LogP contribution in [-0.4, -0.2) is 17.2 Å². The SMILES string of the molecule is c1ccc(N(c2cccc(-c3cccc([Si](c4ccccc4)(c4ccccc4)c4cccc(-c5cccc(N(c6ccccc6)c6ccc7c(c6)c6ccccc6n7-c6ccccc6)c5)c4)c3)c2)c2ccc3c(c2)c2ccccc2n3-c2ccccc2)cc1. The smallest absolute Gasteiger partial charge is 0.179 e. The van der Waals surface area contributed by atoms with E-state index in [0.29, 0.717) is 0 Å². The number of hydrogen-bond donors (Lipinski definition) is 0. The van der Waals surface area contributed by atoms with E-state index in [1.165, 1.54) is 64.4 Å². The normalized spacial score (nSPS) is 11.6. The summed E-state index contributed by atoms with van der Waals surface area (Å²) in [4.78, 5) is 4.80. The van der Waals surface area contributed by atoms with Gasteiger partial charge in [-0.15, -0.1) is 0 Å². The molecule has 0 N–H and O–H groups in total. The van der Waals surface area contributed by atoms with Gasteiger partial charge in [0, 0.05) is 67.0 Å². The van der Waals surface area contributed by atoms with Gasteiger partial charge in [0.25, 0.3) is 0 Å². The van der Waals surface area contributed by atoms with Gasteiger partial charge in [0.15, 0.2) is 8.07 Å². The van der Waals surface area contributed by atoms with Crippen LogP contribution < -0.4 is 30.5 Å². The van der Waals surface area contributed by atoms with Gasteiger partial charge >= 0.3 is 0 Å². The van der Waals surface area contributed by atoms with Crippen LogP contribution in [0.25, 0.3) is 77.2 Å². The second kappa shape index (κ2) is 22.7. The van der Waals surface area contributed by atoms with Crippen LogP contribution in [0.15, 0.2) is 364 Å². The van der Waals surface area contributed by atoms with E-state index in [9.17, 15) is 0 Å². The average Bonchev–Trinajstić information content (AvgIpc) is 1.78. The number of rotatable bonds is 14. The molecule has 89 heavy (non-hydrogen) atoms. The second-order valence-corrected chi connectivity index (χ2v) is 26.7. The van der Waals surface area contributed by atoms with E-state index in [-0.39, 0.29) is 0 Å². The Morgan fingerprint density at radius 1 is 0.191 bits per heavy atom. The molecule has 0 radical (unpaired) electrons. The van der Waals surface area contributed by atoms with E-state index in [0.717, 1.165) is 67.8 Å². The zero-order chi connectivity index (χ0) is 59.1. The van der Waals surface area contributed by atoms with Gasteiger partial charge in [-0.25, -0.2) is 0 Å². The van der Waals surface area contributed by atoms with Crippen molar-refractivity contribution < 1.29 is 0 Å². The number of fused-ring (bicyclic) bond motifs is 6. The van der Waals surface area contributed by atoms with Crippen molar-refractivity contribution in [3.63, 3.8) is 0 Å². The Kier molecular flexibility index (Phi) is 13.5. The fraction of sp³-hybridized carbons (Fsp3) is 0. The van der Waals surface area contributed by atoms with Gasteiger partial charge < -0.3 is 18.9 Å². The number of nitrogens with zero attached hydrogens (tertiary/aromatic N) is 4. The highest BCUT2D eigenvalue weighted by atomic mass is 28.3. The molecule has 0 amide bonds. The van der Waals surface area contributed by atoms with Gasteiger partial charge in [0.2, 0.25) is 0 Å². The first kappa shape index (κ1) is 53.0. The van der Waals surface area contributed by atoms with Gasteiger partial charge in [-0.3, -0.25) is 0 Å². The maximum atomic E-state index is 2.49. The van der Waals surface area contributed by atoms with Crippen molar-refractivity contribution >= 4 is 107 Å². The van der Waals surface area contributed by atoms with Crippen LogP contribution in [0, 0.1) is 0 Å². The van der Waals surface area contributed by atoms with Crippen LogP contribution in [0.4, 0.5) is 34.1 Å². The number of anilines is 6. The van der Waals surface area contributed by atoms with Crippen LogP contribution in [0.2, 0.25) is 0 Å². The first-order valence-electron chi connectivity index (χ1n) is 30.6. The first-order chi connectivity index (χ1) is 44.2. The Bertz CT molecular complexity index is 4870. The molecule has 0 aliphatic heterocycles. The maximum Gasteiger partial charge on any atom is 0.179 e. The Labute approximate surface area is 520 Å². The maximum absolute atomic E-state index is 3.08. The number of para-hydroxylation sites is 6. The Morgan fingerprint density at radius 3 is 0.888 bits per heavy atom. The summed E-state index contributed by atoms with van der Waals surface area (Å²) in [6, 6.07) is 134. The molecule has 16 aromatic rings.